The lowest BCUT2D eigenvalue weighted by Gasteiger charge is -2.19. The molecule has 70 valence electrons. The van der Waals surface area contributed by atoms with Crippen LogP contribution >= 0.6 is 0 Å². The van der Waals surface area contributed by atoms with Crippen molar-refractivity contribution in [3.8, 4) is 0 Å². The number of nitrogens with zero attached hydrogens (tertiary/aromatic N) is 1. The lowest BCUT2D eigenvalue weighted by Crippen LogP contribution is -2.25. The van der Waals surface area contributed by atoms with E-state index in [0.29, 0.717) is 0 Å². The third-order valence-corrected chi connectivity index (χ3v) is 1.17. The van der Waals surface area contributed by atoms with Crippen LogP contribution in [-0.4, -0.2) is 36.2 Å². The zero-order valence-corrected chi connectivity index (χ0v) is 8.81. The molecule has 0 bridgehead atoms. The zero-order valence-electron chi connectivity index (χ0n) is 8.81. The summed E-state index contributed by atoms with van der Waals surface area (Å²) in [6.07, 6.45) is 0.833. The molecule has 0 atom stereocenters. The van der Waals surface area contributed by atoms with Crippen molar-refractivity contribution in [2.75, 3.05) is 20.6 Å². The van der Waals surface area contributed by atoms with E-state index in [2.05, 4.69) is 4.90 Å². The zero-order chi connectivity index (χ0) is 9.49. The van der Waals surface area contributed by atoms with E-state index in [0.717, 1.165) is 13.0 Å². The Hall–Kier alpha value is -0.0800. The molecule has 0 aliphatic rings. The predicted molar refractivity (Wildman–Crippen MR) is 50.8 cm³/mol. The monoisotopic (exact) mass is 161 g/mol. The molecule has 0 rings (SSSR count). The second-order valence-electron chi connectivity index (χ2n) is 3.37. The van der Waals surface area contributed by atoms with Gasteiger partial charge in [0.2, 0.25) is 0 Å². The minimum absolute atomic E-state index is 0.510. The minimum Gasteiger partial charge on any atom is -0.390 e. The first-order chi connectivity index (χ1) is 4.92. The Bertz CT molecular complexity index is 74.1. The van der Waals surface area contributed by atoms with Crippen LogP contribution in [0.15, 0.2) is 0 Å². The Kier molecular flexibility index (Phi) is 8.13. The molecule has 1 N–H and O–H groups in total. The Morgan fingerprint density at radius 1 is 1.18 bits per heavy atom. The first kappa shape index (κ1) is 13.5. The molecule has 2 nitrogen and oxygen atoms in total. The van der Waals surface area contributed by atoms with Gasteiger partial charge >= 0.3 is 0 Å². The summed E-state index contributed by atoms with van der Waals surface area (Å²) >= 11 is 0. The van der Waals surface area contributed by atoms with Crippen molar-refractivity contribution in [2.45, 2.75) is 39.7 Å². The average Bonchev–Trinajstić information content (AvgIpc) is 1.87. The van der Waals surface area contributed by atoms with E-state index < -0.39 is 5.60 Å². The van der Waals surface area contributed by atoms with Crippen molar-refractivity contribution in [3.63, 3.8) is 0 Å². The van der Waals surface area contributed by atoms with Crippen LogP contribution in [0.5, 0.6) is 0 Å². The Labute approximate surface area is 71.2 Å². The summed E-state index contributed by atoms with van der Waals surface area (Å²) in [6, 6.07) is 0. The molecule has 0 saturated heterocycles. The van der Waals surface area contributed by atoms with E-state index in [-0.39, 0.29) is 0 Å². The van der Waals surface area contributed by atoms with Crippen LogP contribution in [0.4, 0.5) is 0 Å². The van der Waals surface area contributed by atoms with Crippen LogP contribution in [0.1, 0.15) is 34.1 Å². The van der Waals surface area contributed by atoms with E-state index in [1.807, 2.05) is 41.8 Å². The largest absolute Gasteiger partial charge is 0.390 e. The fourth-order valence-corrected chi connectivity index (χ4v) is 0.497. The maximum Gasteiger partial charge on any atom is 0.0603 e. The average molecular weight is 161 g/mol. The van der Waals surface area contributed by atoms with Gasteiger partial charge in [-0.3, -0.25) is 0 Å². The van der Waals surface area contributed by atoms with Crippen LogP contribution < -0.4 is 0 Å². The van der Waals surface area contributed by atoms with Crippen molar-refractivity contribution in [1.82, 2.24) is 4.90 Å². The summed E-state index contributed by atoms with van der Waals surface area (Å²) in [5.74, 6) is 0. The highest BCUT2D eigenvalue weighted by Gasteiger charge is 2.11. The van der Waals surface area contributed by atoms with Crippen molar-refractivity contribution < 1.29 is 5.11 Å². The van der Waals surface area contributed by atoms with Crippen molar-refractivity contribution in [3.05, 3.63) is 0 Å². The summed E-state index contributed by atoms with van der Waals surface area (Å²) in [5.41, 5.74) is -0.510. The van der Waals surface area contributed by atoms with Gasteiger partial charge in [-0.15, -0.1) is 0 Å². The van der Waals surface area contributed by atoms with Gasteiger partial charge in [-0.05, 0) is 34.4 Å². The normalized spacial score (nSPS) is 10.9. The van der Waals surface area contributed by atoms with E-state index in [9.17, 15) is 5.11 Å². The van der Waals surface area contributed by atoms with Gasteiger partial charge in [0.05, 0.1) is 5.60 Å². The van der Waals surface area contributed by atoms with Gasteiger partial charge in [0, 0.05) is 6.54 Å². The molecule has 0 unspecified atom stereocenters. The smallest absolute Gasteiger partial charge is 0.0603 e. The molecular formula is C9H23NO. The molecule has 11 heavy (non-hydrogen) atoms. The molecule has 0 spiro atoms. The maximum atomic E-state index is 9.24. The van der Waals surface area contributed by atoms with E-state index in [1.54, 1.807) is 0 Å². The van der Waals surface area contributed by atoms with Crippen molar-refractivity contribution in [1.29, 1.82) is 0 Å². The first-order valence-electron chi connectivity index (χ1n) is 4.29. The van der Waals surface area contributed by atoms with Crippen LogP contribution in [0, 0.1) is 0 Å². The summed E-state index contributed by atoms with van der Waals surface area (Å²) < 4.78 is 0. The lowest BCUT2D eigenvalue weighted by atomic mass is 10.1. The third kappa shape index (κ3) is 17.8. The number of aliphatic hydroxyl groups is 1. The van der Waals surface area contributed by atoms with E-state index in [1.165, 1.54) is 0 Å². The molecule has 0 heterocycles. The molecule has 0 aromatic rings. The SMILES string of the molecule is CC.CN(C)CCC(C)(C)O. The molecule has 0 radical (unpaired) electrons. The minimum atomic E-state index is -0.510. The quantitative estimate of drug-likeness (QED) is 0.681. The molecule has 0 aromatic carbocycles. The summed E-state index contributed by atoms with van der Waals surface area (Å²) in [4.78, 5) is 2.07. The topological polar surface area (TPSA) is 23.5 Å². The Morgan fingerprint density at radius 2 is 1.55 bits per heavy atom. The predicted octanol–water partition coefficient (Wildman–Crippen LogP) is 1.74. The summed E-state index contributed by atoms with van der Waals surface area (Å²) in [5, 5.41) is 9.24. The van der Waals surface area contributed by atoms with Crippen LogP contribution in [0.25, 0.3) is 0 Å². The molecule has 0 aromatic heterocycles. The summed E-state index contributed by atoms with van der Waals surface area (Å²) in [6.45, 7) is 8.61. The number of hydrogen-bond acceptors (Lipinski definition) is 2. The van der Waals surface area contributed by atoms with Crippen LogP contribution in [-0.2, 0) is 0 Å². The highest BCUT2D eigenvalue weighted by molar-refractivity contribution is 4.65. The fraction of sp³-hybridized carbons (Fsp3) is 1.00. The van der Waals surface area contributed by atoms with Gasteiger partial charge in [0.15, 0.2) is 0 Å². The van der Waals surface area contributed by atoms with Crippen molar-refractivity contribution >= 4 is 0 Å². The molecule has 0 saturated carbocycles. The van der Waals surface area contributed by atoms with Crippen LogP contribution in [0.3, 0.4) is 0 Å². The second-order valence-corrected chi connectivity index (χ2v) is 3.37. The molecule has 0 amide bonds. The highest BCUT2D eigenvalue weighted by atomic mass is 16.3. The maximum absolute atomic E-state index is 9.24. The highest BCUT2D eigenvalue weighted by Crippen LogP contribution is 2.06. The first-order valence-corrected chi connectivity index (χ1v) is 4.29. The van der Waals surface area contributed by atoms with Crippen LogP contribution in [0.2, 0.25) is 0 Å². The molecule has 0 aliphatic carbocycles. The van der Waals surface area contributed by atoms with Gasteiger partial charge in [0.1, 0.15) is 0 Å². The second kappa shape index (κ2) is 6.62. The van der Waals surface area contributed by atoms with Gasteiger partial charge in [0.25, 0.3) is 0 Å². The Balaban J connectivity index is 0. The molecule has 0 aliphatic heterocycles. The fourth-order valence-electron chi connectivity index (χ4n) is 0.497. The van der Waals surface area contributed by atoms with Gasteiger partial charge in [-0.1, -0.05) is 13.8 Å². The molecule has 0 fully saturated rings. The van der Waals surface area contributed by atoms with Gasteiger partial charge in [-0.2, -0.15) is 0 Å². The standard InChI is InChI=1S/C7H17NO.C2H6/c1-7(2,9)5-6-8(3)4;1-2/h9H,5-6H2,1-4H3;1-2H3. The van der Waals surface area contributed by atoms with E-state index >= 15 is 0 Å². The molecule has 2 heteroatoms. The summed E-state index contributed by atoms with van der Waals surface area (Å²) in [7, 11) is 4.01. The number of rotatable bonds is 3. The lowest BCUT2D eigenvalue weighted by molar-refractivity contribution is 0.0631. The van der Waals surface area contributed by atoms with Gasteiger partial charge in [-0.25, -0.2) is 0 Å². The van der Waals surface area contributed by atoms with Gasteiger partial charge < -0.3 is 10.0 Å². The van der Waals surface area contributed by atoms with Crippen molar-refractivity contribution in [2.24, 2.45) is 0 Å². The third-order valence-electron chi connectivity index (χ3n) is 1.17. The van der Waals surface area contributed by atoms with E-state index in [4.69, 9.17) is 0 Å². The molecular weight excluding hydrogens is 138 g/mol. The Morgan fingerprint density at radius 3 is 1.64 bits per heavy atom. The number of hydrogen-bond donors (Lipinski definition) is 1.